The molecule has 5 N–H and O–H groups in total. The lowest BCUT2D eigenvalue weighted by molar-refractivity contribution is -0.130. The standard InChI is InChI=1S/C25H36Br2N4O6SSi/c1-25(2,3)39(4,5)37-30-23(32)22(7-6-12-29-24(28)33)31-38(34,35)21-10-8-20(9-11-21)36-16-17-13-18(26)15-19(27)14-17/h8-11,13-15,22,31H,6-7,12,16H2,1-5H3,(H,30,32)(H3,28,29,33)/t22-/m1/s1. The van der Waals surface area contributed by atoms with Crippen molar-refractivity contribution in [2.45, 2.75) is 69.3 Å². The third kappa shape index (κ3) is 10.8. The lowest BCUT2D eigenvalue weighted by Gasteiger charge is -2.35. The van der Waals surface area contributed by atoms with Crippen LogP contribution in [0.4, 0.5) is 4.79 Å². The maximum Gasteiger partial charge on any atom is 0.312 e. The van der Waals surface area contributed by atoms with Crippen molar-refractivity contribution in [2.75, 3.05) is 6.54 Å². The van der Waals surface area contributed by atoms with Crippen LogP contribution in [-0.4, -0.2) is 41.3 Å². The van der Waals surface area contributed by atoms with E-state index in [1.807, 2.05) is 52.1 Å². The van der Waals surface area contributed by atoms with E-state index in [2.05, 4.69) is 47.4 Å². The minimum absolute atomic E-state index is 0.0292. The average molecular weight is 709 g/mol. The topological polar surface area (TPSA) is 149 Å². The van der Waals surface area contributed by atoms with Crippen molar-refractivity contribution in [3.05, 3.63) is 57.0 Å². The summed E-state index contributed by atoms with van der Waals surface area (Å²) in [7, 11) is -6.41. The van der Waals surface area contributed by atoms with Crippen molar-refractivity contribution in [1.82, 2.24) is 15.5 Å². The summed E-state index contributed by atoms with van der Waals surface area (Å²) in [5, 5.41) is 2.26. The number of hydrogen-bond acceptors (Lipinski definition) is 6. The Morgan fingerprint density at radius 1 is 1.05 bits per heavy atom. The van der Waals surface area contributed by atoms with E-state index in [-0.39, 0.29) is 29.5 Å². The van der Waals surface area contributed by atoms with Crippen molar-refractivity contribution in [2.24, 2.45) is 5.73 Å². The van der Waals surface area contributed by atoms with E-state index in [1.54, 1.807) is 12.1 Å². The molecule has 0 spiro atoms. The van der Waals surface area contributed by atoms with Crippen LogP contribution in [0.5, 0.6) is 5.75 Å². The number of benzene rings is 2. The molecule has 1 atom stereocenters. The number of hydroxylamine groups is 1. The van der Waals surface area contributed by atoms with Gasteiger partial charge in [0.05, 0.1) is 4.90 Å². The number of urea groups is 1. The molecule has 39 heavy (non-hydrogen) atoms. The second-order valence-corrected chi connectivity index (χ2v) is 18.7. The Labute approximate surface area is 248 Å². The van der Waals surface area contributed by atoms with E-state index in [0.29, 0.717) is 12.2 Å². The van der Waals surface area contributed by atoms with Gasteiger partial charge in [-0.1, -0.05) is 52.6 Å². The maximum absolute atomic E-state index is 13.1. The molecule has 2 aromatic rings. The maximum atomic E-state index is 13.1. The Bertz CT molecular complexity index is 1230. The molecule has 2 rings (SSSR count). The molecular formula is C25H36Br2N4O6SSi. The summed E-state index contributed by atoms with van der Waals surface area (Å²) in [5.74, 6) is -0.137. The molecule has 0 aliphatic heterocycles. The first-order chi connectivity index (χ1) is 18.0. The molecule has 0 aromatic heterocycles. The molecule has 10 nitrogen and oxygen atoms in total. The van der Waals surface area contributed by atoms with Crippen LogP contribution in [0.1, 0.15) is 39.2 Å². The quantitative estimate of drug-likeness (QED) is 0.132. The first-order valence-corrected chi connectivity index (χ1v) is 18.2. The summed E-state index contributed by atoms with van der Waals surface area (Å²) in [6.45, 7) is 10.5. The molecule has 2 aromatic carbocycles. The van der Waals surface area contributed by atoms with Crippen LogP contribution in [0, 0.1) is 0 Å². The van der Waals surface area contributed by atoms with Gasteiger partial charge >= 0.3 is 6.03 Å². The highest BCUT2D eigenvalue weighted by Gasteiger charge is 2.39. The van der Waals surface area contributed by atoms with Crippen molar-refractivity contribution in [3.63, 3.8) is 0 Å². The lowest BCUT2D eigenvalue weighted by atomic mass is 10.1. The Balaban J connectivity index is 2.11. The number of carbonyl (C=O) groups is 2. The van der Waals surface area contributed by atoms with Gasteiger partial charge < -0.3 is 20.3 Å². The number of nitrogens with two attached hydrogens (primary N) is 1. The van der Waals surface area contributed by atoms with E-state index in [4.69, 9.17) is 15.0 Å². The SMILES string of the molecule is CC(C)(C)[Si](C)(C)ONC(=O)[C@@H](CCCNC(N)=O)NS(=O)(=O)c1ccc(OCc2cc(Br)cc(Br)c2)cc1. The van der Waals surface area contributed by atoms with Gasteiger partial charge in [-0.25, -0.2) is 18.7 Å². The van der Waals surface area contributed by atoms with Crippen LogP contribution in [0.25, 0.3) is 0 Å². The van der Waals surface area contributed by atoms with E-state index in [9.17, 15) is 18.0 Å². The molecule has 0 saturated heterocycles. The number of sulfonamides is 1. The van der Waals surface area contributed by atoms with E-state index in [0.717, 1.165) is 14.5 Å². The van der Waals surface area contributed by atoms with E-state index >= 15 is 0 Å². The molecule has 14 heteroatoms. The Kier molecular flexibility index (Phi) is 12.0. The lowest BCUT2D eigenvalue weighted by Crippen LogP contribution is -2.52. The number of amides is 3. The monoisotopic (exact) mass is 706 g/mol. The molecular weight excluding hydrogens is 672 g/mol. The van der Waals surface area contributed by atoms with Gasteiger partial charge in [0.25, 0.3) is 5.91 Å². The van der Waals surface area contributed by atoms with Gasteiger partial charge in [0.2, 0.25) is 18.3 Å². The highest BCUT2D eigenvalue weighted by molar-refractivity contribution is 9.11. The molecule has 0 aliphatic carbocycles. The fourth-order valence-corrected chi connectivity index (χ4v) is 6.28. The van der Waals surface area contributed by atoms with Crippen LogP contribution in [-0.2, 0) is 26.0 Å². The minimum Gasteiger partial charge on any atom is -0.489 e. The van der Waals surface area contributed by atoms with Gasteiger partial charge in [-0.3, -0.25) is 4.79 Å². The molecule has 0 fully saturated rings. The molecule has 0 radical (unpaired) electrons. The van der Waals surface area contributed by atoms with Crippen molar-refractivity contribution in [1.29, 1.82) is 0 Å². The largest absolute Gasteiger partial charge is 0.489 e. The predicted octanol–water partition coefficient (Wildman–Crippen LogP) is 4.94. The summed E-state index contributed by atoms with van der Waals surface area (Å²) < 4.78 is 42.1. The summed E-state index contributed by atoms with van der Waals surface area (Å²) >= 11 is 6.87. The fourth-order valence-electron chi connectivity index (χ4n) is 2.99. The van der Waals surface area contributed by atoms with Crippen LogP contribution >= 0.6 is 31.9 Å². The molecule has 3 amide bonds. The molecule has 0 unspecified atom stereocenters. The van der Waals surface area contributed by atoms with Crippen LogP contribution in [0.15, 0.2) is 56.3 Å². The number of nitrogens with one attached hydrogen (secondary N) is 3. The minimum atomic E-state index is -4.07. The number of ether oxygens (including phenoxy) is 1. The average Bonchev–Trinajstić information content (AvgIpc) is 2.82. The van der Waals surface area contributed by atoms with E-state index < -0.39 is 36.3 Å². The van der Waals surface area contributed by atoms with Gasteiger partial charge in [-0.05, 0) is 79.0 Å². The zero-order chi connectivity index (χ0) is 29.4. The summed E-state index contributed by atoms with van der Waals surface area (Å²) in [5.41, 5.74) is 8.48. The first-order valence-electron chi connectivity index (χ1n) is 12.2. The zero-order valence-corrected chi connectivity index (χ0v) is 27.6. The van der Waals surface area contributed by atoms with Crippen LogP contribution < -0.4 is 26.0 Å². The third-order valence-electron chi connectivity index (χ3n) is 6.26. The summed E-state index contributed by atoms with van der Waals surface area (Å²) in [4.78, 5) is 23.9. The van der Waals surface area contributed by atoms with Crippen LogP contribution in [0.2, 0.25) is 18.1 Å². The smallest absolute Gasteiger partial charge is 0.312 e. The molecule has 0 saturated carbocycles. The number of hydrogen-bond donors (Lipinski definition) is 4. The summed E-state index contributed by atoms with van der Waals surface area (Å²) in [6.07, 6.45) is 0.414. The number of rotatable bonds is 13. The van der Waals surface area contributed by atoms with Gasteiger partial charge in [0.1, 0.15) is 18.4 Å². The Hall–Kier alpha value is -1.97. The van der Waals surface area contributed by atoms with Gasteiger partial charge in [-0.15, -0.1) is 0 Å². The second-order valence-electron chi connectivity index (χ2n) is 10.5. The first kappa shape index (κ1) is 33.2. The van der Waals surface area contributed by atoms with Crippen molar-refractivity contribution < 1.29 is 27.3 Å². The van der Waals surface area contributed by atoms with Crippen molar-refractivity contribution >= 4 is 62.1 Å². The highest BCUT2D eigenvalue weighted by atomic mass is 79.9. The molecule has 0 bridgehead atoms. The number of halogens is 2. The van der Waals surface area contributed by atoms with Gasteiger partial charge in [0, 0.05) is 15.5 Å². The Morgan fingerprint density at radius 2 is 1.64 bits per heavy atom. The van der Waals surface area contributed by atoms with Crippen molar-refractivity contribution in [3.8, 4) is 5.75 Å². The number of carbonyl (C=O) groups excluding carboxylic acids is 2. The van der Waals surface area contributed by atoms with Gasteiger partial charge in [0.15, 0.2) is 0 Å². The third-order valence-corrected chi connectivity index (χ3v) is 12.9. The number of primary amides is 1. The normalized spacial score (nSPS) is 13.0. The molecule has 0 aliphatic rings. The van der Waals surface area contributed by atoms with E-state index in [1.165, 1.54) is 12.1 Å². The zero-order valence-electron chi connectivity index (χ0n) is 22.6. The fraction of sp³-hybridized carbons (Fsp3) is 0.440. The summed E-state index contributed by atoms with van der Waals surface area (Å²) in [6, 6.07) is 9.83. The molecule has 0 heterocycles. The highest BCUT2D eigenvalue weighted by Crippen LogP contribution is 2.35. The molecule has 216 valence electrons. The second kappa shape index (κ2) is 14.1. The van der Waals surface area contributed by atoms with Gasteiger partial charge in [-0.2, -0.15) is 4.72 Å². The van der Waals surface area contributed by atoms with Crippen LogP contribution in [0.3, 0.4) is 0 Å². The Morgan fingerprint density at radius 3 is 2.18 bits per heavy atom. The predicted molar refractivity (Wildman–Crippen MR) is 160 cm³/mol.